The van der Waals surface area contributed by atoms with Crippen LogP contribution in [0.5, 0.6) is 0 Å². The van der Waals surface area contributed by atoms with Crippen LogP contribution < -0.4 is 10.2 Å². The SMILES string of the molecule is CCCCN(CC)c1ccc(C(=O)Nc2ccccc2-c2noc(C)n2)cc1. The smallest absolute Gasteiger partial charge is 0.255 e. The Morgan fingerprint density at radius 3 is 2.50 bits per heavy atom. The van der Waals surface area contributed by atoms with Gasteiger partial charge in [0.15, 0.2) is 0 Å². The third-order valence-corrected chi connectivity index (χ3v) is 4.60. The summed E-state index contributed by atoms with van der Waals surface area (Å²) in [6.45, 7) is 8.04. The zero-order chi connectivity index (χ0) is 19.9. The summed E-state index contributed by atoms with van der Waals surface area (Å²) >= 11 is 0. The van der Waals surface area contributed by atoms with Gasteiger partial charge in [-0.15, -0.1) is 0 Å². The highest BCUT2D eigenvalue weighted by molar-refractivity contribution is 6.06. The van der Waals surface area contributed by atoms with Gasteiger partial charge in [0, 0.05) is 36.8 Å². The largest absolute Gasteiger partial charge is 0.372 e. The van der Waals surface area contributed by atoms with Crippen LogP contribution in [0.25, 0.3) is 11.4 Å². The predicted molar refractivity (Wildman–Crippen MR) is 112 cm³/mol. The molecule has 0 fully saturated rings. The van der Waals surface area contributed by atoms with Gasteiger partial charge in [0.1, 0.15) is 0 Å². The van der Waals surface area contributed by atoms with E-state index in [1.807, 2.05) is 48.5 Å². The van der Waals surface area contributed by atoms with Crippen molar-refractivity contribution in [3.63, 3.8) is 0 Å². The Balaban J connectivity index is 1.75. The molecule has 0 saturated carbocycles. The number of carbonyl (C=O) groups is 1. The van der Waals surface area contributed by atoms with Gasteiger partial charge in [0.05, 0.1) is 5.69 Å². The quantitative estimate of drug-likeness (QED) is 0.602. The lowest BCUT2D eigenvalue weighted by Crippen LogP contribution is -2.23. The second-order valence-corrected chi connectivity index (χ2v) is 6.62. The summed E-state index contributed by atoms with van der Waals surface area (Å²) in [6.07, 6.45) is 2.32. The molecule has 1 heterocycles. The van der Waals surface area contributed by atoms with E-state index in [1.54, 1.807) is 6.92 Å². The van der Waals surface area contributed by atoms with Crippen LogP contribution in [0.3, 0.4) is 0 Å². The van der Waals surface area contributed by atoms with E-state index in [4.69, 9.17) is 4.52 Å². The first-order valence-corrected chi connectivity index (χ1v) is 9.68. The Hall–Kier alpha value is -3.15. The first kappa shape index (κ1) is 19.6. The van der Waals surface area contributed by atoms with Crippen molar-refractivity contribution in [2.45, 2.75) is 33.6 Å². The average Bonchev–Trinajstić information content (AvgIpc) is 3.15. The first-order chi connectivity index (χ1) is 13.6. The van der Waals surface area contributed by atoms with Crippen LogP contribution in [0.2, 0.25) is 0 Å². The number of rotatable bonds is 8. The molecule has 0 unspecified atom stereocenters. The molecule has 3 aromatic rings. The number of hydrogen-bond donors (Lipinski definition) is 1. The average molecular weight is 378 g/mol. The lowest BCUT2D eigenvalue weighted by molar-refractivity contribution is 0.102. The number of carbonyl (C=O) groups excluding carboxylic acids is 1. The molecule has 6 heteroatoms. The van der Waals surface area contributed by atoms with Gasteiger partial charge in [-0.05, 0) is 49.7 Å². The maximum Gasteiger partial charge on any atom is 0.255 e. The monoisotopic (exact) mass is 378 g/mol. The summed E-state index contributed by atoms with van der Waals surface area (Å²) in [5.41, 5.74) is 3.11. The molecule has 1 amide bonds. The fraction of sp³-hybridized carbons (Fsp3) is 0.318. The molecular formula is C22H26N4O2. The number of para-hydroxylation sites is 1. The number of nitrogens with zero attached hydrogens (tertiary/aromatic N) is 3. The summed E-state index contributed by atoms with van der Waals surface area (Å²) < 4.78 is 5.06. The van der Waals surface area contributed by atoms with Crippen molar-refractivity contribution >= 4 is 17.3 Å². The first-order valence-electron chi connectivity index (χ1n) is 9.68. The Kier molecular flexibility index (Phi) is 6.42. The van der Waals surface area contributed by atoms with Gasteiger partial charge in [0.25, 0.3) is 5.91 Å². The van der Waals surface area contributed by atoms with Crippen molar-refractivity contribution in [3.8, 4) is 11.4 Å². The third kappa shape index (κ3) is 4.57. The molecule has 0 aliphatic heterocycles. The van der Waals surface area contributed by atoms with Crippen LogP contribution in [0, 0.1) is 6.92 Å². The van der Waals surface area contributed by atoms with Crippen molar-refractivity contribution in [3.05, 3.63) is 60.0 Å². The molecule has 2 aromatic carbocycles. The molecule has 0 saturated heterocycles. The van der Waals surface area contributed by atoms with Gasteiger partial charge in [0.2, 0.25) is 11.7 Å². The van der Waals surface area contributed by atoms with E-state index in [2.05, 4.69) is 34.2 Å². The van der Waals surface area contributed by atoms with Gasteiger partial charge in [-0.25, -0.2) is 0 Å². The summed E-state index contributed by atoms with van der Waals surface area (Å²) in [5.74, 6) is 0.768. The summed E-state index contributed by atoms with van der Waals surface area (Å²) in [7, 11) is 0. The topological polar surface area (TPSA) is 71.3 Å². The maximum atomic E-state index is 12.7. The van der Waals surface area contributed by atoms with Gasteiger partial charge in [-0.3, -0.25) is 4.79 Å². The van der Waals surface area contributed by atoms with Crippen LogP contribution in [-0.2, 0) is 0 Å². The van der Waals surface area contributed by atoms with E-state index in [1.165, 1.54) is 0 Å². The third-order valence-electron chi connectivity index (χ3n) is 4.60. The molecule has 0 aliphatic carbocycles. The summed E-state index contributed by atoms with van der Waals surface area (Å²) in [4.78, 5) is 19.3. The number of aromatic nitrogens is 2. The van der Waals surface area contributed by atoms with E-state index in [0.717, 1.165) is 37.2 Å². The Labute approximate surface area is 165 Å². The second kappa shape index (κ2) is 9.17. The molecule has 1 aromatic heterocycles. The molecule has 0 spiro atoms. The maximum absolute atomic E-state index is 12.7. The van der Waals surface area contributed by atoms with Gasteiger partial charge < -0.3 is 14.7 Å². The van der Waals surface area contributed by atoms with Crippen molar-refractivity contribution < 1.29 is 9.32 Å². The normalized spacial score (nSPS) is 10.7. The highest BCUT2D eigenvalue weighted by Crippen LogP contribution is 2.26. The highest BCUT2D eigenvalue weighted by atomic mass is 16.5. The van der Waals surface area contributed by atoms with Gasteiger partial charge in [-0.2, -0.15) is 4.98 Å². The van der Waals surface area contributed by atoms with Crippen LogP contribution in [0.4, 0.5) is 11.4 Å². The molecular weight excluding hydrogens is 352 g/mol. The molecule has 1 N–H and O–H groups in total. The minimum atomic E-state index is -0.171. The molecule has 146 valence electrons. The lowest BCUT2D eigenvalue weighted by atomic mass is 10.1. The van der Waals surface area contributed by atoms with E-state index in [0.29, 0.717) is 23.0 Å². The van der Waals surface area contributed by atoms with Crippen molar-refractivity contribution in [1.82, 2.24) is 10.1 Å². The second-order valence-electron chi connectivity index (χ2n) is 6.62. The minimum Gasteiger partial charge on any atom is -0.372 e. The number of nitrogens with one attached hydrogen (secondary N) is 1. The molecule has 0 atom stereocenters. The summed E-state index contributed by atoms with van der Waals surface area (Å²) in [5, 5.41) is 6.91. The fourth-order valence-electron chi connectivity index (χ4n) is 3.03. The standard InChI is InChI=1S/C22H26N4O2/c1-4-6-15-26(5-2)18-13-11-17(12-14-18)22(27)24-20-10-8-7-9-19(20)21-23-16(3)28-25-21/h7-14H,4-6,15H2,1-3H3,(H,24,27). The van der Waals surface area contributed by atoms with E-state index in [9.17, 15) is 4.79 Å². The number of benzene rings is 2. The predicted octanol–water partition coefficient (Wildman–Crippen LogP) is 4.92. The van der Waals surface area contributed by atoms with Crippen molar-refractivity contribution in [2.24, 2.45) is 0 Å². The Bertz CT molecular complexity index is 918. The van der Waals surface area contributed by atoms with Crippen LogP contribution >= 0.6 is 0 Å². The molecule has 0 bridgehead atoms. The van der Waals surface area contributed by atoms with Crippen molar-refractivity contribution in [2.75, 3.05) is 23.3 Å². The summed E-state index contributed by atoms with van der Waals surface area (Å²) in [6, 6.07) is 15.2. The highest BCUT2D eigenvalue weighted by Gasteiger charge is 2.14. The van der Waals surface area contributed by atoms with E-state index in [-0.39, 0.29) is 5.91 Å². The van der Waals surface area contributed by atoms with E-state index >= 15 is 0 Å². The fourth-order valence-corrected chi connectivity index (χ4v) is 3.03. The lowest BCUT2D eigenvalue weighted by Gasteiger charge is -2.23. The van der Waals surface area contributed by atoms with Crippen LogP contribution in [0.1, 0.15) is 42.9 Å². The Morgan fingerprint density at radius 1 is 1.11 bits per heavy atom. The van der Waals surface area contributed by atoms with Crippen molar-refractivity contribution in [1.29, 1.82) is 0 Å². The number of hydrogen-bond acceptors (Lipinski definition) is 5. The zero-order valence-corrected chi connectivity index (χ0v) is 16.6. The number of aryl methyl sites for hydroxylation is 1. The van der Waals surface area contributed by atoms with Crippen LogP contribution in [0.15, 0.2) is 53.1 Å². The van der Waals surface area contributed by atoms with Gasteiger partial charge >= 0.3 is 0 Å². The number of anilines is 2. The van der Waals surface area contributed by atoms with Gasteiger partial charge in [-0.1, -0.05) is 30.6 Å². The zero-order valence-electron chi connectivity index (χ0n) is 16.6. The minimum absolute atomic E-state index is 0.171. The molecule has 0 aliphatic rings. The molecule has 3 rings (SSSR count). The Morgan fingerprint density at radius 2 is 1.86 bits per heavy atom. The van der Waals surface area contributed by atoms with Crippen LogP contribution in [-0.4, -0.2) is 29.1 Å². The molecule has 6 nitrogen and oxygen atoms in total. The number of amides is 1. The number of unbranched alkanes of at least 4 members (excludes halogenated alkanes) is 1. The molecule has 0 radical (unpaired) electrons. The van der Waals surface area contributed by atoms with E-state index < -0.39 is 0 Å². The molecule has 28 heavy (non-hydrogen) atoms.